The predicted molar refractivity (Wildman–Crippen MR) is 95.3 cm³/mol. The van der Waals surface area contributed by atoms with Crippen LogP contribution in [0.1, 0.15) is 36.3 Å². The van der Waals surface area contributed by atoms with Crippen LogP contribution in [0.15, 0.2) is 33.5 Å². The van der Waals surface area contributed by atoms with E-state index in [1.54, 1.807) is 6.92 Å². The minimum absolute atomic E-state index is 0.0585. The van der Waals surface area contributed by atoms with E-state index in [0.717, 1.165) is 6.07 Å². The number of aromatic hydroxyl groups is 1. The molecule has 0 spiro atoms. The van der Waals surface area contributed by atoms with Gasteiger partial charge in [-0.3, -0.25) is 9.59 Å². The molecule has 2 rings (SSSR count). The number of rotatable bonds is 9. The molecule has 2 N–H and O–H groups in total. The van der Waals surface area contributed by atoms with Crippen molar-refractivity contribution in [1.82, 2.24) is 0 Å². The Morgan fingerprint density at radius 2 is 1.97 bits per heavy atom. The summed E-state index contributed by atoms with van der Waals surface area (Å²) in [4.78, 5) is 24.1. The zero-order chi connectivity index (χ0) is 21.6. The second-order valence-electron chi connectivity index (χ2n) is 5.80. The van der Waals surface area contributed by atoms with Crippen LogP contribution < -0.4 is 14.9 Å². The lowest BCUT2D eigenvalue weighted by atomic mass is 9.92. The highest BCUT2D eigenvalue weighted by molar-refractivity contribution is 5.71. The second-order valence-corrected chi connectivity index (χ2v) is 5.80. The van der Waals surface area contributed by atoms with Crippen molar-refractivity contribution >= 4 is 5.97 Å². The molecule has 0 aliphatic carbocycles. The van der Waals surface area contributed by atoms with Crippen molar-refractivity contribution in [3.8, 4) is 17.2 Å². The largest absolute Gasteiger partial charge is 0.502 e. The average molecular weight is 414 g/mol. The van der Waals surface area contributed by atoms with Gasteiger partial charge in [-0.2, -0.15) is 8.78 Å². The quantitative estimate of drug-likeness (QED) is 0.602. The number of halogens is 2. The van der Waals surface area contributed by atoms with Crippen molar-refractivity contribution in [2.75, 3.05) is 13.7 Å². The van der Waals surface area contributed by atoms with Crippen LogP contribution in [0.5, 0.6) is 17.2 Å². The van der Waals surface area contributed by atoms with Gasteiger partial charge in [-0.1, -0.05) is 6.07 Å². The van der Waals surface area contributed by atoms with E-state index in [9.17, 15) is 28.6 Å². The van der Waals surface area contributed by atoms with E-state index in [4.69, 9.17) is 13.9 Å². The van der Waals surface area contributed by atoms with Gasteiger partial charge in [0.05, 0.1) is 26.1 Å². The van der Waals surface area contributed by atoms with Gasteiger partial charge in [0, 0.05) is 6.07 Å². The van der Waals surface area contributed by atoms with E-state index < -0.39 is 36.3 Å². The van der Waals surface area contributed by atoms with Gasteiger partial charge in [-0.25, -0.2) is 0 Å². The number of methoxy groups -OCH3 is 1. The average Bonchev–Trinajstić information content (AvgIpc) is 2.68. The molecule has 0 aliphatic heterocycles. The number of aliphatic hydroxyl groups excluding tert-OH is 1. The summed E-state index contributed by atoms with van der Waals surface area (Å²) in [5.41, 5.74) is -0.515. The Balaban J connectivity index is 2.59. The van der Waals surface area contributed by atoms with Crippen molar-refractivity contribution in [2.45, 2.75) is 32.5 Å². The number of hydrogen-bond acceptors (Lipinski definition) is 8. The Kier molecular flexibility index (Phi) is 7.54. The topological polar surface area (TPSA) is 115 Å². The van der Waals surface area contributed by atoms with E-state index in [1.165, 1.54) is 25.3 Å². The van der Waals surface area contributed by atoms with E-state index in [-0.39, 0.29) is 36.0 Å². The maximum absolute atomic E-state index is 12.6. The number of aliphatic hydroxyl groups is 1. The van der Waals surface area contributed by atoms with Crippen LogP contribution >= 0.6 is 0 Å². The van der Waals surface area contributed by atoms with E-state index in [1.807, 2.05) is 0 Å². The standard InChI is InChI=1S/C19H20F2O8/c1-3-27-16(24)8-12(18-17(25)13(23)7-11(9-22)28-18)10-4-5-14(29-19(20)21)15(6-10)26-2/h4-7,12,19,22,25H,3,8-9H2,1-2H3. The van der Waals surface area contributed by atoms with Gasteiger partial charge in [0.1, 0.15) is 12.4 Å². The summed E-state index contributed by atoms with van der Waals surface area (Å²) >= 11 is 0. The molecule has 1 aromatic carbocycles. The molecule has 29 heavy (non-hydrogen) atoms. The van der Waals surface area contributed by atoms with Crippen LogP contribution in [-0.2, 0) is 16.1 Å². The fraction of sp³-hybridized carbons (Fsp3) is 0.368. The highest BCUT2D eigenvalue weighted by atomic mass is 19.3. The van der Waals surface area contributed by atoms with E-state index in [2.05, 4.69) is 4.74 Å². The smallest absolute Gasteiger partial charge is 0.387 e. The van der Waals surface area contributed by atoms with Crippen LogP contribution in [-0.4, -0.2) is 36.5 Å². The summed E-state index contributed by atoms with van der Waals surface area (Å²) in [7, 11) is 1.24. The number of carbonyl (C=O) groups excluding carboxylic acids is 1. The monoisotopic (exact) mass is 414 g/mol. The number of alkyl halides is 2. The molecule has 0 saturated carbocycles. The molecule has 1 unspecified atom stereocenters. The fourth-order valence-electron chi connectivity index (χ4n) is 2.71. The number of hydrogen-bond donors (Lipinski definition) is 2. The first-order valence-corrected chi connectivity index (χ1v) is 8.55. The van der Waals surface area contributed by atoms with Gasteiger partial charge < -0.3 is 28.8 Å². The summed E-state index contributed by atoms with van der Waals surface area (Å²) in [5, 5.41) is 19.5. The van der Waals surface area contributed by atoms with Crippen molar-refractivity contribution < 1.29 is 42.4 Å². The Labute approximate surface area is 164 Å². The van der Waals surface area contributed by atoms with E-state index in [0.29, 0.717) is 5.56 Å². The molecule has 0 amide bonds. The van der Waals surface area contributed by atoms with Crippen LogP contribution in [0.3, 0.4) is 0 Å². The predicted octanol–water partition coefficient (Wildman–Crippen LogP) is 2.53. The molecular weight excluding hydrogens is 394 g/mol. The van der Waals surface area contributed by atoms with Gasteiger partial charge >= 0.3 is 12.6 Å². The molecular formula is C19H20F2O8. The molecule has 10 heteroatoms. The van der Waals surface area contributed by atoms with Gasteiger partial charge in [-0.15, -0.1) is 0 Å². The van der Waals surface area contributed by atoms with Crippen LogP contribution in [0.25, 0.3) is 0 Å². The molecule has 1 atom stereocenters. The van der Waals surface area contributed by atoms with Crippen molar-refractivity contribution in [3.05, 3.63) is 51.6 Å². The van der Waals surface area contributed by atoms with E-state index >= 15 is 0 Å². The van der Waals surface area contributed by atoms with Gasteiger partial charge in [0.2, 0.25) is 11.2 Å². The Morgan fingerprint density at radius 1 is 1.24 bits per heavy atom. The molecule has 158 valence electrons. The molecule has 0 bridgehead atoms. The van der Waals surface area contributed by atoms with Crippen molar-refractivity contribution in [1.29, 1.82) is 0 Å². The van der Waals surface area contributed by atoms with Gasteiger partial charge in [0.15, 0.2) is 17.3 Å². The molecule has 1 aromatic heterocycles. The number of benzene rings is 1. The highest BCUT2D eigenvalue weighted by Gasteiger charge is 2.28. The molecule has 2 aromatic rings. The number of ether oxygens (including phenoxy) is 3. The highest BCUT2D eigenvalue weighted by Crippen LogP contribution is 2.38. The third-order valence-corrected chi connectivity index (χ3v) is 3.95. The minimum Gasteiger partial charge on any atom is -0.502 e. The molecule has 0 radical (unpaired) electrons. The summed E-state index contributed by atoms with van der Waals surface area (Å²) in [6, 6.07) is 4.78. The molecule has 0 fully saturated rings. The minimum atomic E-state index is -3.08. The SMILES string of the molecule is CCOC(=O)CC(c1ccc(OC(F)F)c(OC)c1)c1oc(CO)cc(=O)c1O. The molecule has 1 heterocycles. The first kappa shape index (κ1) is 22.2. The third-order valence-electron chi connectivity index (χ3n) is 3.95. The molecule has 8 nitrogen and oxygen atoms in total. The van der Waals surface area contributed by atoms with Crippen molar-refractivity contribution in [2.24, 2.45) is 0 Å². The Bertz CT molecular complexity index is 910. The lowest BCUT2D eigenvalue weighted by Crippen LogP contribution is -2.15. The van der Waals surface area contributed by atoms with Gasteiger partial charge in [-0.05, 0) is 24.6 Å². The zero-order valence-corrected chi connectivity index (χ0v) is 15.7. The third kappa shape index (κ3) is 5.44. The number of carbonyl (C=O) groups is 1. The van der Waals surface area contributed by atoms with Crippen molar-refractivity contribution in [3.63, 3.8) is 0 Å². The summed E-state index contributed by atoms with van der Waals surface area (Å²) < 4.78 is 44.9. The molecule has 0 saturated heterocycles. The zero-order valence-electron chi connectivity index (χ0n) is 15.7. The lowest BCUT2D eigenvalue weighted by Gasteiger charge is -2.19. The maximum atomic E-state index is 12.6. The summed E-state index contributed by atoms with van der Waals surface area (Å²) in [5.74, 6) is -3.12. The first-order valence-electron chi connectivity index (χ1n) is 8.55. The van der Waals surface area contributed by atoms with Crippen LogP contribution in [0.2, 0.25) is 0 Å². The lowest BCUT2D eigenvalue weighted by molar-refractivity contribution is -0.143. The number of esters is 1. The fourth-order valence-corrected chi connectivity index (χ4v) is 2.71. The summed E-state index contributed by atoms with van der Waals surface area (Å²) in [6.45, 7) is -1.98. The summed E-state index contributed by atoms with van der Waals surface area (Å²) in [6.07, 6.45) is -0.336. The van der Waals surface area contributed by atoms with Gasteiger partial charge in [0.25, 0.3) is 0 Å². The second kappa shape index (κ2) is 9.87. The first-order chi connectivity index (χ1) is 13.8. The van der Waals surface area contributed by atoms with Crippen LogP contribution in [0.4, 0.5) is 8.78 Å². The van der Waals surface area contributed by atoms with Crippen LogP contribution in [0, 0.1) is 0 Å². The normalized spacial score (nSPS) is 11.9. The maximum Gasteiger partial charge on any atom is 0.387 e. The Morgan fingerprint density at radius 3 is 2.55 bits per heavy atom. The Hall–Kier alpha value is -3.14. The molecule has 0 aliphatic rings.